The molecule has 0 bridgehead atoms. The van der Waals surface area contributed by atoms with Gasteiger partial charge in [0, 0.05) is 38.4 Å². The van der Waals surface area contributed by atoms with E-state index in [0.717, 1.165) is 18.7 Å². The highest BCUT2D eigenvalue weighted by Crippen LogP contribution is 2.29. The van der Waals surface area contributed by atoms with E-state index in [2.05, 4.69) is 5.32 Å². The first kappa shape index (κ1) is 18.7. The first-order valence-corrected chi connectivity index (χ1v) is 9.43. The van der Waals surface area contributed by atoms with Gasteiger partial charge in [-0.25, -0.2) is 0 Å². The molecule has 2 amide bonds. The number of anilines is 1. The van der Waals surface area contributed by atoms with E-state index in [1.54, 1.807) is 6.92 Å². The maximum absolute atomic E-state index is 12.7. The monoisotopic (exact) mass is 359 g/mol. The fourth-order valence-electron chi connectivity index (χ4n) is 2.99. The normalized spacial score (nSPS) is 20.3. The number of benzene rings is 1. The van der Waals surface area contributed by atoms with Crippen molar-refractivity contribution in [2.45, 2.75) is 38.3 Å². The van der Waals surface area contributed by atoms with Gasteiger partial charge in [-0.2, -0.15) is 0 Å². The van der Waals surface area contributed by atoms with Crippen molar-refractivity contribution in [2.75, 3.05) is 38.7 Å². The molecule has 1 aliphatic carbocycles. The summed E-state index contributed by atoms with van der Waals surface area (Å²) in [6, 6.07) is 7.68. The molecule has 1 aromatic rings. The van der Waals surface area contributed by atoms with Crippen molar-refractivity contribution in [2.24, 2.45) is 5.92 Å². The van der Waals surface area contributed by atoms with E-state index in [1.165, 1.54) is 12.8 Å². The number of nitrogens with zero attached hydrogens (tertiary/aromatic N) is 2. The Kier molecular flexibility index (Phi) is 5.81. The second-order valence-electron chi connectivity index (χ2n) is 7.55. The minimum absolute atomic E-state index is 0.0267. The third-order valence-corrected chi connectivity index (χ3v) is 5.20. The van der Waals surface area contributed by atoms with Gasteiger partial charge in [-0.3, -0.25) is 9.59 Å². The molecule has 2 atom stereocenters. The lowest BCUT2D eigenvalue weighted by Gasteiger charge is -2.41. The van der Waals surface area contributed by atoms with Crippen molar-refractivity contribution in [3.05, 3.63) is 29.8 Å². The highest BCUT2D eigenvalue weighted by molar-refractivity contribution is 5.95. The van der Waals surface area contributed by atoms with Crippen LogP contribution in [0.25, 0.3) is 0 Å². The van der Waals surface area contributed by atoms with Crippen LogP contribution in [-0.2, 0) is 9.53 Å². The average Bonchev–Trinajstić information content (AvgIpc) is 3.43. The number of ether oxygens (including phenoxy) is 1. The Hall–Kier alpha value is -2.08. The van der Waals surface area contributed by atoms with Crippen LogP contribution >= 0.6 is 0 Å². The molecular formula is C20H29N3O3. The molecule has 1 aliphatic heterocycles. The Balaban J connectivity index is 1.46. The van der Waals surface area contributed by atoms with Crippen LogP contribution in [0, 0.1) is 5.92 Å². The topological polar surface area (TPSA) is 61.9 Å². The zero-order valence-corrected chi connectivity index (χ0v) is 15.9. The third kappa shape index (κ3) is 4.55. The Morgan fingerprint density at radius 2 is 1.92 bits per heavy atom. The van der Waals surface area contributed by atoms with Crippen LogP contribution in [0.4, 0.5) is 5.69 Å². The van der Waals surface area contributed by atoms with Crippen molar-refractivity contribution in [3.63, 3.8) is 0 Å². The van der Waals surface area contributed by atoms with E-state index in [0.29, 0.717) is 24.6 Å². The van der Waals surface area contributed by atoms with Crippen molar-refractivity contribution >= 4 is 17.5 Å². The molecule has 0 aromatic heterocycles. The largest absolute Gasteiger partial charge is 0.378 e. The molecule has 26 heavy (non-hydrogen) atoms. The predicted molar refractivity (Wildman–Crippen MR) is 101 cm³/mol. The number of carbonyl (C=O) groups is 2. The van der Waals surface area contributed by atoms with E-state index in [-0.39, 0.29) is 17.9 Å². The van der Waals surface area contributed by atoms with Gasteiger partial charge in [0.1, 0.15) is 6.10 Å². The molecular weight excluding hydrogens is 330 g/mol. The number of likely N-dealkylation sites (tertiary alicyclic amines) is 1. The Morgan fingerprint density at radius 3 is 2.46 bits per heavy atom. The van der Waals surface area contributed by atoms with Gasteiger partial charge < -0.3 is 19.9 Å². The van der Waals surface area contributed by atoms with Gasteiger partial charge in [0.15, 0.2) is 0 Å². The molecule has 0 spiro atoms. The number of hydrogen-bond acceptors (Lipinski definition) is 4. The van der Waals surface area contributed by atoms with Crippen LogP contribution in [0.2, 0.25) is 0 Å². The summed E-state index contributed by atoms with van der Waals surface area (Å²) in [7, 11) is 3.95. The van der Waals surface area contributed by atoms with Crippen molar-refractivity contribution in [1.82, 2.24) is 10.2 Å². The molecule has 1 aromatic carbocycles. The fourth-order valence-corrected chi connectivity index (χ4v) is 2.99. The first-order chi connectivity index (χ1) is 12.5. The fraction of sp³-hybridized carbons (Fsp3) is 0.600. The molecule has 6 nitrogen and oxygen atoms in total. The van der Waals surface area contributed by atoms with Gasteiger partial charge in [-0.1, -0.05) is 0 Å². The Labute approximate surface area is 155 Å². The minimum atomic E-state index is -0.432. The SMILES string of the molecule is CC(OCC1CC1)C(=O)NCC1CCN1C(=O)c1ccc(N(C)C)cc1. The summed E-state index contributed by atoms with van der Waals surface area (Å²) in [5.41, 5.74) is 1.75. The Morgan fingerprint density at radius 1 is 1.23 bits per heavy atom. The lowest BCUT2D eigenvalue weighted by Crippen LogP contribution is -2.56. The highest BCUT2D eigenvalue weighted by atomic mass is 16.5. The predicted octanol–water partition coefficient (Wildman–Crippen LogP) is 1.90. The van der Waals surface area contributed by atoms with Crippen LogP contribution in [0.5, 0.6) is 0 Å². The molecule has 1 N–H and O–H groups in total. The van der Waals surface area contributed by atoms with E-state index in [1.807, 2.05) is 48.2 Å². The second-order valence-corrected chi connectivity index (χ2v) is 7.55. The molecule has 142 valence electrons. The van der Waals surface area contributed by atoms with Gasteiger partial charge in [-0.05, 0) is 56.4 Å². The maximum Gasteiger partial charge on any atom is 0.254 e. The number of nitrogens with one attached hydrogen (secondary N) is 1. The summed E-state index contributed by atoms with van der Waals surface area (Å²) in [4.78, 5) is 28.6. The first-order valence-electron chi connectivity index (χ1n) is 9.43. The van der Waals surface area contributed by atoms with Crippen LogP contribution < -0.4 is 10.2 Å². The van der Waals surface area contributed by atoms with Crippen LogP contribution in [0.1, 0.15) is 36.5 Å². The van der Waals surface area contributed by atoms with E-state index in [9.17, 15) is 9.59 Å². The quantitative estimate of drug-likeness (QED) is 0.770. The summed E-state index contributed by atoms with van der Waals surface area (Å²) < 4.78 is 5.59. The summed E-state index contributed by atoms with van der Waals surface area (Å²) in [6.07, 6.45) is 2.91. The number of hydrogen-bond donors (Lipinski definition) is 1. The zero-order valence-electron chi connectivity index (χ0n) is 15.9. The van der Waals surface area contributed by atoms with Gasteiger partial charge in [-0.15, -0.1) is 0 Å². The standard InChI is InChI=1S/C20H29N3O3/c1-14(26-13-15-4-5-15)19(24)21-12-18-10-11-23(18)20(25)16-6-8-17(9-7-16)22(2)3/h6-9,14-15,18H,4-5,10-13H2,1-3H3,(H,21,24). The molecule has 1 saturated heterocycles. The molecule has 2 fully saturated rings. The van der Waals surface area contributed by atoms with E-state index in [4.69, 9.17) is 4.74 Å². The molecule has 3 rings (SSSR count). The molecule has 0 radical (unpaired) electrons. The van der Waals surface area contributed by atoms with Crippen LogP contribution in [0.15, 0.2) is 24.3 Å². The molecule has 6 heteroatoms. The average molecular weight is 359 g/mol. The van der Waals surface area contributed by atoms with Gasteiger partial charge in [0.2, 0.25) is 5.91 Å². The number of amides is 2. The van der Waals surface area contributed by atoms with Gasteiger partial charge >= 0.3 is 0 Å². The van der Waals surface area contributed by atoms with E-state index < -0.39 is 6.10 Å². The summed E-state index contributed by atoms with van der Waals surface area (Å²) >= 11 is 0. The highest BCUT2D eigenvalue weighted by Gasteiger charge is 2.33. The third-order valence-electron chi connectivity index (χ3n) is 5.20. The van der Waals surface area contributed by atoms with Gasteiger partial charge in [0.25, 0.3) is 5.91 Å². The lowest BCUT2D eigenvalue weighted by molar-refractivity contribution is -0.132. The zero-order chi connectivity index (χ0) is 18.7. The van der Waals surface area contributed by atoms with Crippen molar-refractivity contribution in [3.8, 4) is 0 Å². The number of rotatable bonds is 8. The summed E-state index contributed by atoms with van der Waals surface area (Å²) in [5, 5.41) is 2.92. The molecule has 2 unspecified atom stereocenters. The van der Waals surface area contributed by atoms with Crippen molar-refractivity contribution in [1.29, 1.82) is 0 Å². The van der Waals surface area contributed by atoms with Crippen molar-refractivity contribution < 1.29 is 14.3 Å². The smallest absolute Gasteiger partial charge is 0.254 e. The summed E-state index contributed by atoms with van der Waals surface area (Å²) in [6.45, 7) is 3.68. The maximum atomic E-state index is 12.7. The Bertz CT molecular complexity index is 640. The van der Waals surface area contributed by atoms with E-state index >= 15 is 0 Å². The second kappa shape index (κ2) is 8.08. The van der Waals surface area contributed by atoms with Crippen LogP contribution in [-0.4, -0.2) is 62.7 Å². The van der Waals surface area contributed by atoms with Gasteiger partial charge in [0.05, 0.1) is 12.6 Å². The molecule has 2 aliphatic rings. The molecule has 1 heterocycles. The van der Waals surface area contributed by atoms with Crippen LogP contribution in [0.3, 0.4) is 0 Å². The minimum Gasteiger partial charge on any atom is -0.378 e. The summed E-state index contributed by atoms with van der Waals surface area (Å²) in [5.74, 6) is 0.572. The lowest BCUT2D eigenvalue weighted by atomic mass is 10.0. The number of carbonyl (C=O) groups excluding carboxylic acids is 2. The molecule has 1 saturated carbocycles.